The van der Waals surface area contributed by atoms with E-state index in [4.69, 9.17) is 10.5 Å². The van der Waals surface area contributed by atoms with Crippen LogP contribution in [0.3, 0.4) is 0 Å². The van der Waals surface area contributed by atoms with Crippen molar-refractivity contribution in [3.63, 3.8) is 0 Å². The summed E-state index contributed by atoms with van der Waals surface area (Å²) in [5, 5.41) is 0. The largest absolute Gasteiger partial charge is 0.496 e. The molecule has 0 fully saturated rings. The maximum atomic E-state index is 13.4. The molecule has 0 aliphatic rings. The predicted molar refractivity (Wildman–Crippen MR) is 50.4 cm³/mol. The Morgan fingerprint density at radius 2 is 2.07 bits per heavy atom. The van der Waals surface area contributed by atoms with Crippen LogP contribution in [0.5, 0.6) is 5.75 Å². The van der Waals surface area contributed by atoms with Crippen molar-refractivity contribution < 1.29 is 13.5 Å². The van der Waals surface area contributed by atoms with Crippen LogP contribution in [0, 0.1) is 11.6 Å². The molecule has 0 amide bonds. The van der Waals surface area contributed by atoms with Gasteiger partial charge in [0.1, 0.15) is 17.4 Å². The van der Waals surface area contributed by atoms with Gasteiger partial charge in [0, 0.05) is 17.7 Å². The van der Waals surface area contributed by atoms with Gasteiger partial charge in [0.05, 0.1) is 7.11 Å². The van der Waals surface area contributed by atoms with Crippen LogP contribution < -0.4 is 10.5 Å². The lowest BCUT2D eigenvalue weighted by Gasteiger charge is -2.14. The van der Waals surface area contributed by atoms with Gasteiger partial charge in [-0.2, -0.15) is 0 Å². The summed E-state index contributed by atoms with van der Waals surface area (Å²) in [4.78, 5) is 0. The zero-order chi connectivity index (χ0) is 10.7. The van der Waals surface area contributed by atoms with Crippen LogP contribution in [-0.4, -0.2) is 13.7 Å². The Labute approximate surface area is 81.7 Å². The van der Waals surface area contributed by atoms with Gasteiger partial charge in [-0.25, -0.2) is 8.78 Å². The minimum atomic E-state index is -0.646. The van der Waals surface area contributed by atoms with E-state index >= 15 is 0 Å². The van der Waals surface area contributed by atoms with Gasteiger partial charge in [0.15, 0.2) is 0 Å². The van der Waals surface area contributed by atoms with Gasteiger partial charge in [-0.05, 0) is 12.5 Å². The molecule has 14 heavy (non-hydrogen) atoms. The summed E-state index contributed by atoms with van der Waals surface area (Å²) in [6, 6.07) is 1.99. The van der Waals surface area contributed by atoms with Crippen molar-refractivity contribution >= 4 is 0 Å². The van der Waals surface area contributed by atoms with Gasteiger partial charge < -0.3 is 10.5 Å². The monoisotopic (exact) mass is 201 g/mol. The molecule has 2 nitrogen and oxygen atoms in total. The third kappa shape index (κ3) is 2.01. The average molecular weight is 201 g/mol. The Balaban J connectivity index is 3.24. The topological polar surface area (TPSA) is 35.2 Å². The molecule has 0 aliphatic heterocycles. The molecular weight excluding hydrogens is 188 g/mol. The third-order valence-corrected chi connectivity index (χ3v) is 2.12. The molecule has 1 aromatic carbocycles. The number of rotatable bonds is 3. The average Bonchev–Trinajstić information content (AvgIpc) is 2.15. The number of methoxy groups -OCH3 is 1. The summed E-state index contributed by atoms with van der Waals surface area (Å²) >= 11 is 0. The fourth-order valence-electron chi connectivity index (χ4n) is 1.33. The van der Waals surface area contributed by atoms with Crippen molar-refractivity contribution in [2.45, 2.75) is 12.8 Å². The molecule has 0 saturated heterocycles. The lowest BCUT2D eigenvalue weighted by atomic mass is 9.99. The molecule has 1 rings (SSSR count). The van der Waals surface area contributed by atoms with Crippen LogP contribution >= 0.6 is 0 Å². The lowest BCUT2D eigenvalue weighted by Crippen LogP contribution is -2.12. The van der Waals surface area contributed by atoms with Crippen LogP contribution in [0.4, 0.5) is 8.78 Å². The molecule has 0 aromatic heterocycles. The van der Waals surface area contributed by atoms with E-state index in [1.807, 2.05) is 0 Å². The Morgan fingerprint density at radius 1 is 1.43 bits per heavy atom. The van der Waals surface area contributed by atoms with E-state index in [1.54, 1.807) is 6.92 Å². The molecule has 0 heterocycles. The molecule has 1 aromatic rings. The first-order valence-corrected chi connectivity index (χ1v) is 4.33. The van der Waals surface area contributed by atoms with Crippen molar-refractivity contribution in [1.82, 2.24) is 0 Å². The Kier molecular flexibility index (Phi) is 3.41. The Morgan fingerprint density at radius 3 is 2.57 bits per heavy atom. The number of ether oxygens (including phenoxy) is 1. The summed E-state index contributed by atoms with van der Waals surface area (Å²) < 4.78 is 31.1. The normalized spacial score (nSPS) is 12.6. The SMILES string of the molecule is COc1cc(F)cc(F)c1C(C)CN. The van der Waals surface area contributed by atoms with E-state index in [0.29, 0.717) is 12.1 Å². The zero-order valence-electron chi connectivity index (χ0n) is 8.18. The molecule has 0 spiro atoms. The number of nitrogens with two attached hydrogens (primary N) is 1. The molecule has 0 bridgehead atoms. The first kappa shape index (κ1) is 10.9. The quantitative estimate of drug-likeness (QED) is 0.812. The van der Waals surface area contributed by atoms with Gasteiger partial charge in [0.2, 0.25) is 0 Å². The Bertz CT molecular complexity index is 328. The minimum absolute atomic E-state index is 0.189. The van der Waals surface area contributed by atoms with Gasteiger partial charge in [-0.3, -0.25) is 0 Å². The zero-order valence-corrected chi connectivity index (χ0v) is 8.18. The van der Waals surface area contributed by atoms with Crippen LogP contribution in [0.1, 0.15) is 18.4 Å². The molecule has 2 N–H and O–H groups in total. The van der Waals surface area contributed by atoms with E-state index in [2.05, 4.69) is 0 Å². The molecule has 1 unspecified atom stereocenters. The van der Waals surface area contributed by atoms with E-state index < -0.39 is 11.6 Å². The maximum Gasteiger partial charge on any atom is 0.133 e. The second-order valence-electron chi connectivity index (χ2n) is 3.14. The molecule has 1 atom stereocenters. The van der Waals surface area contributed by atoms with Crippen LogP contribution in [0.15, 0.2) is 12.1 Å². The third-order valence-electron chi connectivity index (χ3n) is 2.12. The van der Waals surface area contributed by atoms with E-state index in [9.17, 15) is 8.78 Å². The van der Waals surface area contributed by atoms with Crippen molar-refractivity contribution in [2.75, 3.05) is 13.7 Å². The summed E-state index contributed by atoms with van der Waals surface area (Å²) in [5.74, 6) is -1.24. The highest BCUT2D eigenvalue weighted by Gasteiger charge is 2.16. The number of hydrogen-bond donors (Lipinski definition) is 1. The summed E-state index contributed by atoms with van der Waals surface area (Å²) in [7, 11) is 1.38. The van der Waals surface area contributed by atoms with Crippen LogP contribution in [-0.2, 0) is 0 Å². The highest BCUT2D eigenvalue weighted by Crippen LogP contribution is 2.29. The highest BCUT2D eigenvalue weighted by molar-refractivity contribution is 5.38. The molecule has 4 heteroatoms. The number of halogens is 2. The second kappa shape index (κ2) is 4.37. The molecular formula is C10H13F2NO. The predicted octanol–water partition coefficient (Wildman–Crippen LogP) is 2.04. The van der Waals surface area contributed by atoms with Gasteiger partial charge in [0.25, 0.3) is 0 Å². The fourth-order valence-corrected chi connectivity index (χ4v) is 1.33. The van der Waals surface area contributed by atoms with Crippen molar-refractivity contribution in [3.05, 3.63) is 29.3 Å². The first-order chi connectivity index (χ1) is 6.60. The van der Waals surface area contributed by atoms with E-state index in [-0.39, 0.29) is 11.7 Å². The molecule has 0 aliphatic carbocycles. The van der Waals surface area contributed by atoms with Crippen LogP contribution in [0.2, 0.25) is 0 Å². The second-order valence-corrected chi connectivity index (χ2v) is 3.14. The fraction of sp³-hybridized carbons (Fsp3) is 0.400. The number of hydrogen-bond acceptors (Lipinski definition) is 2. The van der Waals surface area contributed by atoms with E-state index in [1.165, 1.54) is 7.11 Å². The Hall–Kier alpha value is -1.16. The van der Waals surface area contributed by atoms with Crippen molar-refractivity contribution in [1.29, 1.82) is 0 Å². The van der Waals surface area contributed by atoms with Crippen molar-refractivity contribution in [2.24, 2.45) is 5.73 Å². The standard InChI is InChI=1S/C10H13F2NO/c1-6(5-13)10-8(12)3-7(11)4-9(10)14-2/h3-4,6H,5,13H2,1-2H3. The van der Waals surface area contributed by atoms with Crippen molar-refractivity contribution in [3.8, 4) is 5.75 Å². The van der Waals surface area contributed by atoms with Gasteiger partial charge in [-0.1, -0.05) is 6.92 Å². The molecule has 0 radical (unpaired) electrons. The van der Waals surface area contributed by atoms with Gasteiger partial charge in [-0.15, -0.1) is 0 Å². The highest BCUT2D eigenvalue weighted by atomic mass is 19.1. The maximum absolute atomic E-state index is 13.4. The lowest BCUT2D eigenvalue weighted by molar-refractivity contribution is 0.395. The summed E-state index contributed by atoms with van der Waals surface area (Å²) in [6.07, 6.45) is 0. The summed E-state index contributed by atoms with van der Waals surface area (Å²) in [6.45, 7) is 2.05. The minimum Gasteiger partial charge on any atom is -0.496 e. The smallest absolute Gasteiger partial charge is 0.133 e. The van der Waals surface area contributed by atoms with E-state index in [0.717, 1.165) is 12.1 Å². The van der Waals surface area contributed by atoms with Gasteiger partial charge >= 0.3 is 0 Å². The van der Waals surface area contributed by atoms with Crippen LogP contribution in [0.25, 0.3) is 0 Å². The molecule has 0 saturated carbocycles. The molecule has 78 valence electrons. The number of benzene rings is 1. The summed E-state index contributed by atoms with van der Waals surface area (Å²) in [5.41, 5.74) is 5.75. The first-order valence-electron chi connectivity index (χ1n) is 4.33.